The van der Waals surface area contributed by atoms with E-state index in [1.54, 1.807) is 11.4 Å². The first-order valence-electron chi connectivity index (χ1n) is 10.2. The van der Waals surface area contributed by atoms with Crippen molar-refractivity contribution in [2.75, 3.05) is 0 Å². The number of rotatable bonds is 4. The summed E-state index contributed by atoms with van der Waals surface area (Å²) < 4.78 is 6.61. The van der Waals surface area contributed by atoms with E-state index in [1.165, 1.54) is 9.13 Å². The van der Waals surface area contributed by atoms with Crippen LogP contribution in [0.5, 0.6) is 0 Å². The van der Waals surface area contributed by atoms with Gasteiger partial charge < -0.3 is 4.57 Å². The van der Waals surface area contributed by atoms with Gasteiger partial charge in [-0.3, -0.25) is 18.3 Å². The van der Waals surface area contributed by atoms with Gasteiger partial charge in [0.2, 0.25) is 5.78 Å². The summed E-state index contributed by atoms with van der Waals surface area (Å²) in [5.74, 6) is 0.650. The Hall–Kier alpha value is -3.87. The molecule has 0 N–H and O–H groups in total. The van der Waals surface area contributed by atoms with Gasteiger partial charge in [-0.15, -0.1) is 0 Å². The largest absolute Gasteiger partial charge is 0.332 e. The fourth-order valence-corrected chi connectivity index (χ4v) is 4.03. The average molecular weight is 413 g/mol. The summed E-state index contributed by atoms with van der Waals surface area (Å²) in [6, 6.07) is 17.9. The van der Waals surface area contributed by atoms with E-state index in [-0.39, 0.29) is 17.8 Å². The van der Waals surface area contributed by atoms with Gasteiger partial charge in [-0.2, -0.15) is 4.98 Å². The van der Waals surface area contributed by atoms with E-state index in [0.29, 0.717) is 23.5 Å². The third-order valence-corrected chi connectivity index (χ3v) is 5.79. The quantitative estimate of drug-likeness (QED) is 0.455. The third-order valence-electron chi connectivity index (χ3n) is 5.79. The molecule has 0 aliphatic carbocycles. The van der Waals surface area contributed by atoms with Gasteiger partial charge in [-0.05, 0) is 25.0 Å². The Morgan fingerprint density at radius 2 is 1.48 bits per heavy atom. The number of benzene rings is 2. The van der Waals surface area contributed by atoms with Gasteiger partial charge >= 0.3 is 5.69 Å². The second kappa shape index (κ2) is 7.12. The minimum absolute atomic E-state index is 0.221. The maximum Gasteiger partial charge on any atom is 0.332 e. The molecule has 31 heavy (non-hydrogen) atoms. The van der Waals surface area contributed by atoms with E-state index in [9.17, 15) is 9.59 Å². The van der Waals surface area contributed by atoms with Crippen LogP contribution in [0.1, 0.15) is 22.4 Å². The summed E-state index contributed by atoms with van der Waals surface area (Å²) in [4.78, 5) is 31.1. The molecule has 0 amide bonds. The van der Waals surface area contributed by atoms with Crippen LogP contribution in [-0.4, -0.2) is 23.1 Å². The Morgan fingerprint density at radius 1 is 0.839 bits per heavy atom. The lowest BCUT2D eigenvalue weighted by Gasteiger charge is -2.08. The van der Waals surface area contributed by atoms with Crippen molar-refractivity contribution in [1.82, 2.24) is 23.1 Å². The lowest BCUT2D eigenvalue weighted by molar-refractivity contribution is 0.656. The fraction of sp³-hybridized carbons (Fsp3) is 0.208. The second-order valence-corrected chi connectivity index (χ2v) is 8.01. The van der Waals surface area contributed by atoms with E-state index in [4.69, 9.17) is 0 Å². The van der Waals surface area contributed by atoms with Crippen LogP contribution < -0.4 is 11.2 Å². The molecule has 5 rings (SSSR count). The van der Waals surface area contributed by atoms with Crippen LogP contribution in [0, 0.1) is 13.8 Å². The fourth-order valence-electron chi connectivity index (χ4n) is 4.03. The monoisotopic (exact) mass is 413 g/mol. The molecular formula is C24H23N5O2. The third kappa shape index (κ3) is 3.09. The summed E-state index contributed by atoms with van der Waals surface area (Å²) in [6.07, 6.45) is 1.91. The molecule has 3 aromatic heterocycles. The summed E-state index contributed by atoms with van der Waals surface area (Å²) >= 11 is 0. The molecule has 0 unspecified atom stereocenters. The highest BCUT2D eigenvalue weighted by Crippen LogP contribution is 2.18. The molecule has 156 valence electrons. The van der Waals surface area contributed by atoms with Gasteiger partial charge in [0.1, 0.15) is 0 Å². The van der Waals surface area contributed by atoms with E-state index >= 15 is 0 Å². The van der Waals surface area contributed by atoms with Crippen molar-refractivity contribution >= 4 is 16.9 Å². The highest BCUT2D eigenvalue weighted by atomic mass is 16.2. The van der Waals surface area contributed by atoms with Gasteiger partial charge in [0.05, 0.1) is 13.1 Å². The van der Waals surface area contributed by atoms with E-state index < -0.39 is 0 Å². The molecule has 0 atom stereocenters. The van der Waals surface area contributed by atoms with Gasteiger partial charge in [0.25, 0.3) is 5.56 Å². The van der Waals surface area contributed by atoms with Crippen LogP contribution in [-0.2, 0) is 20.1 Å². The van der Waals surface area contributed by atoms with Gasteiger partial charge in [0, 0.05) is 18.9 Å². The Bertz CT molecular complexity index is 1530. The van der Waals surface area contributed by atoms with Gasteiger partial charge in [0.15, 0.2) is 11.2 Å². The molecule has 0 aliphatic heterocycles. The molecule has 0 radical (unpaired) electrons. The maximum atomic E-state index is 13.4. The van der Waals surface area contributed by atoms with Crippen molar-refractivity contribution in [2.45, 2.75) is 26.9 Å². The molecule has 2 aromatic carbocycles. The van der Waals surface area contributed by atoms with Crippen LogP contribution in [0.25, 0.3) is 16.9 Å². The Morgan fingerprint density at radius 3 is 2.19 bits per heavy atom. The maximum absolute atomic E-state index is 13.4. The normalized spacial score (nSPS) is 11.6. The zero-order chi connectivity index (χ0) is 21.7. The second-order valence-electron chi connectivity index (χ2n) is 8.01. The number of imidazole rings is 2. The molecule has 5 aromatic rings. The zero-order valence-electron chi connectivity index (χ0n) is 17.7. The lowest BCUT2D eigenvalue weighted by Crippen LogP contribution is -2.39. The van der Waals surface area contributed by atoms with Crippen molar-refractivity contribution in [3.05, 3.63) is 104 Å². The Balaban J connectivity index is 1.71. The van der Waals surface area contributed by atoms with Gasteiger partial charge in [-0.1, -0.05) is 60.2 Å². The van der Waals surface area contributed by atoms with E-state index in [2.05, 4.69) is 21.7 Å². The smallest absolute Gasteiger partial charge is 0.310 e. The summed E-state index contributed by atoms with van der Waals surface area (Å²) in [5.41, 5.74) is 4.28. The highest BCUT2D eigenvalue weighted by molar-refractivity contribution is 5.75. The van der Waals surface area contributed by atoms with E-state index in [0.717, 1.165) is 22.4 Å². The molecule has 0 saturated carbocycles. The standard InChI is InChI=1S/C24H23N5O2/c1-16-9-11-19(12-10-16)15-29-22(30)20-21(26(3)24(29)31)25-23-27(17(2)13-28(20)23)14-18-7-5-4-6-8-18/h4-13H,14-15H2,1-3H3. The minimum atomic E-state index is -0.370. The van der Waals surface area contributed by atoms with Crippen LogP contribution in [0.3, 0.4) is 0 Å². The molecule has 0 fully saturated rings. The molecule has 0 spiro atoms. The Labute approximate surface area is 178 Å². The molecule has 7 nitrogen and oxygen atoms in total. The van der Waals surface area contributed by atoms with Crippen molar-refractivity contribution in [3.63, 3.8) is 0 Å². The number of fused-ring (bicyclic) bond motifs is 3. The predicted molar refractivity (Wildman–Crippen MR) is 121 cm³/mol. The first-order chi connectivity index (χ1) is 14.9. The van der Waals surface area contributed by atoms with Crippen molar-refractivity contribution in [1.29, 1.82) is 0 Å². The molecule has 0 bridgehead atoms. The number of nitrogens with zero attached hydrogens (tertiary/aromatic N) is 5. The molecule has 7 heteroatoms. The number of aryl methyl sites for hydroxylation is 3. The number of hydrogen-bond acceptors (Lipinski definition) is 3. The van der Waals surface area contributed by atoms with Crippen molar-refractivity contribution in [2.24, 2.45) is 7.05 Å². The van der Waals surface area contributed by atoms with Crippen molar-refractivity contribution in [3.8, 4) is 0 Å². The predicted octanol–water partition coefficient (Wildman–Crippen LogP) is 2.86. The molecule has 0 aliphatic rings. The number of aromatic nitrogens is 5. The minimum Gasteiger partial charge on any atom is -0.310 e. The summed E-state index contributed by atoms with van der Waals surface area (Å²) in [7, 11) is 1.66. The topological polar surface area (TPSA) is 66.2 Å². The molecule has 3 heterocycles. The van der Waals surface area contributed by atoms with Gasteiger partial charge in [-0.25, -0.2) is 4.79 Å². The average Bonchev–Trinajstić information content (AvgIpc) is 3.28. The molecule has 0 saturated heterocycles. The highest BCUT2D eigenvalue weighted by Gasteiger charge is 2.20. The summed E-state index contributed by atoms with van der Waals surface area (Å²) in [5, 5.41) is 0. The first-order valence-corrected chi connectivity index (χ1v) is 10.2. The van der Waals surface area contributed by atoms with E-state index in [1.807, 2.05) is 62.5 Å². The van der Waals surface area contributed by atoms with Crippen LogP contribution >= 0.6 is 0 Å². The number of hydrogen-bond donors (Lipinski definition) is 0. The summed E-state index contributed by atoms with van der Waals surface area (Å²) in [6.45, 7) is 4.86. The lowest BCUT2D eigenvalue weighted by atomic mass is 10.1. The first kappa shape index (κ1) is 19.1. The SMILES string of the molecule is Cc1ccc(Cn2c(=O)c3c(nc4n(Cc5ccccc5)c(C)cn34)n(C)c2=O)cc1. The van der Waals surface area contributed by atoms with Crippen LogP contribution in [0.2, 0.25) is 0 Å². The van der Waals surface area contributed by atoms with Crippen LogP contribution in [0.15, 0.2) is 70.4 Å². The Kier molecular flexibility index (Phi) is 4.39. The van der Waals surface area contributed by atoms with Crippen LogP contribution in [0.4, 0.5) is 0 Å². The molecular weight excluding hydrogens is 390 g/mol. The zero-order valence-corrected chi connectivity index (χ0v) is 17.7. The van der Waals surface area contributed by atoms with Crippen molar-refractivity contribution < 1.29 is 0 Å².